The molecule has 6 heteroatoms. The second kappa shape index (κ2) is 6.62. The van der Waals surface area contributed by atoms with Crippen LogP contribution in [0.4, 0.5) is 5.82 Å². The minimum atomic E-state index is -0.825. The van der Waals surface area contributed by atoms with Gasteiger partial charge >= 0.3 is 0 Å². The Morgan fingerprint density at radius 1 is 1.41 bits per heavy atom. The Morgan fingerprint density at radius 3 is 2.77 bits per heavy atom. The Morgan fingerprint density at radius 2 is 2.14 bits per heavy atom. The van der Waals surface area contributed by atoms with E-state index in [1.54, 1.807) is 23.2 Å². The molecule has 1 aliphatic rings. The number of carbonyl (C=O) groups excluding carboxylic acids is 1. The van der Waals surface area contributed by atoms with Crippen LogP contribution in [0.1, 0.15) is 23.2 Å². The van der Waals surface area contributed by atoms with Crippen LogP contribution >= 0.6 is 0 Å². The van der Waals surface area contributed by atoms with Gasteiger partial charge in [-0.05, 0) is 39.1 Å². The molecule has 1 fully saturated rings. The quantitative estimate of drug-likeness (QED) is 0.886. The molecule has 1 N–H and O–H groups in total. The van der Waals surface area contributed by atoms with Crippen LogP contribution in [0.25, 0.3) is 0 Å². The first-order chi connectivity index (χ1) is 10.3. The zero-order valence-electron chi connectivity index (χ0n) is 13.9. The van der Waals surface area contributed by atoms with Gasteiger partial charge in [-0.25, -0.2) is 4.98 Å². The number of aromatic nitrogens is 1. The molecule has 0 radical (unpaired) electrons. The number of β-amino-alcohol motifs (C(OH)–C–C–N with tert-alkyl or cyclic N) is 1. The lowest BCUT2D eigenvalue weighted by Crippen LogP contribution is -2.54. The van der Waals surface area contributed by atoms with Gasteiger partial charge in [0.1, 0.15) is 5.82 Å². The first-order valence-electron chi connectivity index (χ1n) is 7.60. The number of hydrogen-bond acceptors (Lipinski definition) is 5. The van der Waals surface area contributed by atoms with Crippen LogP contribution in [0, 0.1) is 0 Å². The fourth-order valence-corrected chi connectivity index (χ4v) is 2.98. The Labute approximate surface area is 132 Å². The highest BCUT2D eigenvalue weighted by atomic mass is 16.3. The lowest BCUT2D eigenvalue weighted by atomic mass is 9.92. The molecule has 0 saturated carbocycles. The van der Waals surface area contributed by atoms with E-state index in [0.717, 1.165) is 18.7 Å². The summed E-state index contributed by atoms with van der Waals surface area (Å²) >= 11 is 0. The smallest absolute Gasteiger partial charge is 0.254 e. The summed E-state index contributed by atoms with van der Waals surface area (Å²) in [4.78, 5) is 22.5. The van der Waals surface area contributed by atoms with E-state index in [9.17, 15) is 9.90 Å². The topological polar surface area (TPSA) is 59.9 Å². The molecule has 0 bridgehead atoms. The van der Waals surface area contributed by atoms with Gasteiger partial charge in [-0.2, -0.15) is 0 Å². The third-order valence-corrected chi connectivity index (χ3v) is 3.90. The molecule has 1 aromatic rings. The Kier molecular flexibility index (Phi) is 5.03. The largest absolute Gasteiger partial charge is 0.387 e. The van der Waals surface area contributed by atoms with Gasteiger partial charge in [-0.3, -0.25) is 4.79 Å². The first kappa shape index (κ1) is 16.7. The zero-order valence-corrected chi connectivity index (χ0v) is 13.9. The average molecular weight is 306 g/mol. The van der Waals surface area contributed by atoms with Crippen LogP contribution in [0.2, 0.25) is 0 Å². The van der Waals surface area contributed by atoms with Gasteiger partial charge in [0.2, 0.25) is 0 Å². The molecule has 1 amide bonds. The van der Waals surface area contributed by atoms with Crippen LogP contribution in [-0.4, -0.2) is 79.2 Å². The monoisotopic (exact) mass is 306 g/mol. The highest BCUT2D eigenvalue weighted by Gasteiger charge is 2.35. The van der Waals surface area contributed by atoms with Crippen molar-refractivity contribution in [3.05, 3.63) is 23.9 Å². The molecule has 22 heavy (non-hydrogen) atoms. The molecule has 0 aromatic carbocycles. The fourth-order valence-electron chi connectivity index (χ4n) is 2.98. The summed E-state index contributed by atoms with van der Waals surface area (Å²) in [5.41, 5.74) is -0.206. The van der Waals surface area contributed by atoms with Crippen LogP contribution in [0.3, 0.4) is 0 Å². The van der Waals surface area contributed by atoms with Gasteiger partial charge in [0.15, 0.2) is 0 Å². The highest BCUT2D eigenvalue weighted by Crippen LogP contribution is 2.23. The van der Waals surface area contributed by atoms with Crippen molar-refractivity contribution in [3.8, 4) is 0 Å². The fraction of sp³-hybridized carbons (Fsp3) is 0.625. The van der Waals surface area contributed by atoms with Gasteiger partial charge < -0.3 is 19.8 Å². The van der Waals surface area contributed by atoms with Gasteiger partial charge in [-0.1, -0.05) is 0 Å². The summed E-state index contributed by atoms with van der Waals surface area (Å²) in [6.07, 6.45) is 3.20. The molecule has 2 heterocycles. The second-order valence-corrected chi connectivity index (χ2v) is 6.59. The van der Waals surface area contributed by atoms with Crippen molar-refractivity contribution in [2.24, 2.45) is 0 Å². The van der Waals surface area contributed by atoms with Crippen LogP contribution in [0.5, 0.6) is 0 Å². The average Bonchev–Trinajstić information content (AvgIpc) is 2.45. The van der Waals surface area contributed by atoms with Crippen molar-refractivity contribution in [2.75, 3.05) is 52.7 Å². The summed E-state index contributed by atoms with van der Waals surface area (Å²) in [6, 6.07) is 3.52. The molecule has 6 nitrogen and oxygen atoms in total. The zero-order chi connectivity index (χ0) is 16.3. The predicted molar refractivity (Wildman–Crippen MR) is 87.2 cm³/mol. The predicted octanol–water partition coefficient (Wildman–Crippen LogP) is 0.676. The maximum absolute atomic E-state index is 12.7. The normalized spacial score (nSPS) is 22.0. The number of pyridine rings is 1. The maximum atomic E-state index is 12.7. The molecule has 0 spiro atoms. The van der Waals surface area contributed by atoms with Crippen molar-refractivity contribution in [3.63, 3.8) is 0 Å². The molecular weight excluding hydrogens is 280 g/mol. The van der Waals surface area contributed by atoms with Crippen molar-refractivity contribution in [1.29, 1.82) is 0 Å². The van der Waals surface area contributed by atoms with E-state index in [1.807, 2.05) is 38.0 Å². The molecular formula is C16H26N4O2. The number of nitrogens with zero attached hydrogens (tertiary/aromatic N) is 4. The number of amides is 1. The number of aliphatic hydroxyl groups is 1. The lowest BCUT2D eigenvalue weighted by molar-refractivity contribution is -0.0391. The number of likely N-dealkylation sites (N-methyl/N-ethyl adjacent to an activating group) is 1. The molecule has 122 valence electrons. The van der Waals surface area contributed by atoms with E-state index in [4.69, 9.17) is 0 Å². The van der Waals surface area contributed by atoms with Crippen molar-refractivity contribution < 1.29 is 9.90 Å². The standard InChI is InChI=1S/C16H26N4O2/c1-18(2)11-16(22)7-5-9-20(12-16)15(21)13-6-8-17-14(10-13)19(3)4/h6,8,10,22H,5,7,9,11-12H2,1-4H3. The third-order valence-electron chi connectivity index (χ3n) is 3.90. The molecule has 2 rings (SSSR count). The minimum Gasteiger partial charge on any atom is -0.387 e. The number of anilines is 1. The minimum absolute atomic E-state index is 0.0395. The third kappa shape index (κ3) is 3.96. The van der Waals surface area contributed by atoms with Crippen molar-refractivity contribution in [1.82, 2.24) is 14.8 Å². The molecule has 1 aromatic heterocycles. The van der Waals surface area contributed by atoms with Gasteiger partial charge in [0.25, 0.3) is 5.91 Å². The van der Waals surface area contributed by atoms with E-state index in [2.05, 4.69) is 4.98 Å². The molecule has 1 saturated heterocycles. The van der Waals surface area contributed by atoms with Crippen LogP contribution < -0.4 is 4.90 Å². The second-order valence-electron chi connectivity index (χ2n) is 6.59. The molecule has 1 atom stereocenters. The molecule has 0 aliphatic carbocycles. The van der Waals surface area contributed by atoms with E-state index >= 15 is 0 Å². The van der Waals surface area contributed by atoms with Crippen molar-refractivity contribution >= 4 is 11.7 Å². The summed E-state index contributed by atoms with van der Waals surface area (Å²) in [5, 5.41) is 10.7. The highest BCUT2D eigenvalue weighted by molar-refractivity contribution is 5.95. The Bertz CT molecular complexity index is 533. The number of hydrogen-bond donors (Lipinski definition) is 1. The van der Waals surface area contributed by atoms with E-state index in [1.165, 1.54) is 0 Å². The summed E-state index contributed by atoms with van der Waals surface area (Å²) in [5.74, 6) is 0.716. The lowest BCUT2D eigenvalue weighted by Gasteiger charge is -2.40. The summed E-state index contributed by atoms with van der Waals surface area (Å²) < 4.78 is 0. The SMILES string of the molecule is CN(C)CC1(O)CCCN(C(=O)c2ccnc(N(C)C)c2)C1. The number of carbonyl (C=O) groups is 1. The van der Waals surface area contributed by atoms with E-state index in [0.29, 0.717) is 25.2 Å². The van der Waals surface area contributed by atoms with Gasteiger partial charge in [0, 0.05) is 38.9 Å². The van der Waals surface area contributed by atoms with Gasteiger partial charge in [0.05, 0.1) is 12.1 Å². The summed E-state index contributed by atoms with van der Waals surface area (Å²) in [7, 11) is 7.66. The number of piperidine rings is 1. The Balaban J connectivity index is 2.13. The van der Waals surface area contributed by atoms with E-state index < -0.39 is 5.60 Å². The van der Waals surface area contributed by atoms with E-state index in [-0.39, 0.29) is 5.91 Å². The maximum Gasteiger partial charge on any atom is 0.254 e. The van der Waals surface area contributed by atoms with Crippen LogP contribution in [0.15, 0.2) is 18.3 Å². The van der Waals surface area contributed by atoms with Gasteiger partial charge in [-0.15, -0.1) is 0 Å². The van der Waals surface area contributed by atoms with Crippen LogP contribution in [-0.2, 0) is 0 Å². The number of rotatable bonds is 4. The first-order valence-corrected chi connectivity index (χ1v) is 7.60. The Hall–Kier alpha value is -1.66. The molecule has 1 unspecified atom stereocenters. The number of likely N-dealkylation sites (tertiary alicyclic amines) is 1. The molecule has 1 aliphatic heterocycles. The van der Waals surface area contributed by atoms with Crippen molar-refractivity contribution in [2.45, 2.75) is 18.4 Å². The summed E-state index contributed by atoms with van der Waals surface area (Å²) in [6.45, 7) is 1.63.